The first-order valence-electron chi connectivity index (χ1n) is 7.01. The molecule has 1 atom stereocenters. The number of ether oxygens (including phenoxy) is 1. The Bertz CT molecular complexity index is 368. The molecule has 0 aromatic carbocycles. The van der Waals surface area contributed by atoms with E-state index >= 15 is 0 Å². The van der Waals surface area contributed by atoms with Gasteiger partial charge in [-0.05, 0) is 18.3 Å². The van der Waals surface area contributed by atoms with Crippen molar-refractivity contribution in [3.63, 3.8) is 0 Å². The molecule has 2 fully saturated rings. The molecular weight excluding hydrogens is 244 g/mol. The number of carbonyl (C=O) groups excluding carboxylic acids is 2. The molecular formula is C14H24N2O3. The molecule has 1 aliphatic heterocycles. The van der Waals surface area contributed by atoms with E-state index in [4.69, 9.17) is 4.74 Å². The van der Waals surface area contributed by atoms with Crippen LogP contribution in [0.2, 0.25) is 0 Å². The van der Waals surface area contributed by atoms with E-state index in [0.29, 0.717) is 19.7 Å². The van der Waals surface area contributed by atoms with Crippen molar-refractivity contribution in [3.8, 4) is 0 Å². The number of hydrogen-bond acceptors (Lipinski definition) is 3. The third-order valence-corrected chi connectivity index (χ3v) is 4.22. The van der Waals surface area contributed by atoms with Crippen LogP contribution in [0.5, 0.6) is 0 Å². The van der Waals surface area contributed by atoms with Crippen LogP contribution in [0, 0.1) is 11.3 Å². The lowest BCUT2D eigenvalue weighted by Gasteiger charge is -2.22. The SMILES string of the molecule is COCCN1CCCN(C(=O)C2CC2(C)C)CC1=O. The van der Waals surface area contributed by atoms with Gasteiger partial charge in [0.25, 0.3) is 0 Å². The van der Waals surface area contributed by atoms with Crippen LogP contribution in [0.15, 0.2) is 0 Å². The Kier molecular flexibility index (Phi) is 4.13. The van der Waals surface area contributed by atoms with Gasteiger partial charge in [0.1, 0.15) is 0 Å². The van der Waals surface area contributed by atoms with Crippen molar-refractivity contribution >= 4 is 11.8 Å². The molecule has 0 N–H and O–H groups in total. The zero-order chi connectivity index (χ0) is 14.0. The smallest absolute Gasteiger partial charge is 0.242 e. The molecule has 0 aromatic heterocycles. The average Bonchev–Trinajstić information content (AvgIpc) is 3.03. The lowest BCUT2D eigenvalue weighted by molar-refractivity contribution is -0.140. The van der Waals surface area contributed by atoms with Gasteiger partial charge in [0.2, 0.25) is 11.8 Å². The minimum absolute atomic E-state index is 0.0429. The second kappa shape index (κ2) is 5.49. The van der Waals surface area contributed by atoms with E-state index in [1.54, 1.807) is 16.9 Å². The van der Waals surface area contributed by atoms with E-state index in [0.717, 1.165) is 19.4 Å². The van der Waals surface area contributed by atoms with Crippen LogP contribution in [-0.2, 0) is 14.3 Å². The Hall–Kier alpha value is -1.10. The molecule has 1 aliphatic carbocycles. The predicted octanol–water partition coefficient (Wildman–Crippen LogP) is 0.740. The fraction of sp³-hybridized carbons (Fsp3) is 0.857. The van der Waals surface area contributed by atoms with Gasteiger partial charge in [-0.3, -0.25) is 9.59 Å². The molecule has 0 bridgehead atoms. The Morgan fingerprint density at radius 3 is 2.68 bits per heavy atom. The van der Waals surface area contributed by atoms with Crippen LogP contribution in [-0.4, -0.2) is 61.5 Å². The molecule has 19 heavy (non-hydrogen) atoms. The molecule has 2 aliphatic rings. The van der Waals surface area contributed by atoms with Crippen molar-refractivity contribution in [2.45, 2.75) is 26.7 Å². The summed E-state index contributed by atoms with van der Waals surface area (Å²) >= 11 is 0. The topological polar surface area (TPSA) is 49.9 Å². The molecule has 0 radical (unpaired) electrons. The zero-order valence-electron chi connectivity index (χ0n) is 12.1. The number of carbonyl (C=O) groups is 2. The minimum Gasteiger partial charge on any atom is -0.383 e. The van der Waals surface area contributed by atoms with Gasteiger partial charge in [0.15, 0.2) is 0 Å². The van der Waals surface area contributed by atoms with E-state index in [1.807, 2.05) is 0 Å². The summed E-state index contributed by atoms with van der Waals surface area (Å²) in [6.45, 7) is 7.04. The van der Waals surface area contributed by atoms with Gasteiger partial charge in [-0.15, -0.1) is 0 Å². The first kappa shape index (κ1) is 14.3. The molecule has 0 aromatic rings. The fourth-order valence-electron chi connectivity index (χ4n) is 2.65. The van der Waals surface area contributed by atoms with Crippen molar-refractivity contribution in [2.75, 3.05) is 39.9 Å². The van der Waals surface area contributed by atoms with Gasteiger partial charge in [0.05, 0.1) is 13.2 Å². The Labute approximate surface area is 114 Å². The van der Waals surface area contributed by atoms with Gasteiger partial charge in [-0.25, -0.2) is 0 Å². The molecule has 1 unspecified atom stereocenters. The lowest BCUT2D eigenvalue weighted by Crippen LogP contribution is -2.41. The summed E-state index contributed by atoms with van der Waals surface area (Å²) in [6, 6.07) is 0. The van der Waals surface area contributed by atoms with Crippen LogP contribution in [0.25, 0.3) is 0 Å². The summed E-state index contributed by atoms with van der Waals surface area (Å²) in [4.78, 5) is 28.0. The Morgan fingerprint density at radius 1 is 1.42 bits per heavy atom. The molecule has 2 rings (SSSR count). The largest absolute Gasteiger partial charge is 0.383 e. The first-order valence-corrected chi connectivity index (χ1v) is 7.01. The van der Waals surface area contributed by atoms with E-state index in [9.17, 15) is 9.59 Å². The summed E-state index contributed by atoms with van der Waals surface area (Å²) in [7, 11) is 1.63. The minimum atomic E-state index is 0.0429. The molecule has 1 saturated heterocycles. The van der Waals surface area contributed by atoms with Crippen LogP contribution in [0.4, 0.5) is 0 Å². The van der Waals surface area contributed by atoms with Crippen molar-refractivity contribution in [1.29, 1.82) is 0 Å². The highest BCUT2D eigenvalue weighted by molar-refractivity contribution is 5.88. The summed E-state index contributed by atoms with van der Waals surface area (Å²) in [5.41, 5.74) is 0.127. The highest BCUT2D eigenvalue weighted by Gasteiger charge is 2.52. The van der Waals surface area contributed by atoms with E-state index < -0.39 is 0 Å². The van der Waals surface area contributed by atoms with Gasteiger partial charge >= 0.3 is 0 Å². The molecule has 5 nitrogen and oxygen atoms in total. The van der Waals surface area contributed by atoms with E-state index in [1.165, 1.54) is 0 Å². The van der Waals surface area contributed by atoms with Crippen LogP contribution in [0.1, 0.15) is 26.7 Å². The Balaban J connectivity index is 1.91. The highest BCUT2D eigenvalue weighted by atomic mass is 16.5. The first-order chi connectivity index (χ1) is 8.95. The maximum absolute atomic E-state index is 12.3. The van der Waals surface area contributed by atoms with Crippen LogP contribution >= 0.6 is 0 Å². The molecule has 108 valence electrons. The standard InChI is InChI=1S/C14H24N2O3/c1-14(2)9-11(14)13(18)16-6-4-5-15(7-8-19-3)12(17)10-16/h11H,4-10H2,1-3H3. The summed E-state index contributed by atoms with van der Waals surface area (Å²) in [6.07, 6.45) is 1.80. The maximum atomic E-state index is 12.3. The summed E-state index contributed by atoms with van der Waals surface area (Å²) < 4.78 is 5.01. The molecule has 1 heterocycles. The molecule has 5 heteroatoms. The lowest BCUT2D eigenvalue weighted by atomic mass is 10.1. The predicted molar refractivity (Wildman–Crippen MR) is 71.5 cm³/mol. The van der Waals surface area contributed by atoms with Gasteiger partial charge in [-0.1, -0.05) is 13.8 Å². The van der Waals surface area contributed by atoms with Gasteiger partial charge in [-0.2, -0.15) is 0 Å². The number of rotatable bonds is 4. The van der Waals surface area contributed by atoms with E-state index in [2.05, 4.69) is 13.8 Å². The fourth-order valence-corrected chi connectivity index (χ4v) is 2.65. The second-order valence-electron chi connectivity index (χ2n) is 6.23. The zero-order valence-corrected chi connectivity index (χ0v) is 12.1. The van der Waals surface area contributed by atoms with Crippen molar-refractivity contribution in [2.24, 2.45) is 11.3 Å². The third kappa shape index (κ3) is 3.26. The molecule has 2 amide bonds. The number of hydrogen-bond donors (Lipinski definition) is 0. The second-order valence-corrected chi connectivity index (χ2v) is 6.23. The van der Waals surface area contributed by atoms with Crippen molar-refractivity contribution < 1.29 is 14.3 Å². The van der Waals surface area contributed by atoms with Crippen LogP contribution < -0.4 is 0 Å². The molecule has 1 saturated carbocycles. The monoisotopic (exact) mass is 268 g/mol. The third-order valence-electron chi connectivity index (χ3n) is 4.22. The average molecular weight is 268 g/mol. The normalized spacial score (nSPS) is 26.3. The number of amides is 2. The summed E-state index contributed by atoms with van der Waals surface area (Å²) in [5.74, 6) is 0.319. The maximum Gasteiger partial charge on any atom is 0.242 e. The highest BCUT2D eigenvalue weighted by Crippen LogP contribution is 2.52. The summed E-state index contributed by atoms with van der Waals surface area (Å²) in [5, 5.41) is 0. The van der Waals surface area contributed by atoms with Crippen molar-refractivity contribution in [1.82, 2.24) is 9.80 Å². The Morgan fingerprint density at radius 2 is 2.11 bits per heavy atom. The van der Waals surface area contributed by atoms with E-state index in [-0.39, 0.29) is 29.7 Å². The van der Waals surface area contributed by atoms with Crippen LogP contribution in [0.3, 0.4) is 0 Å². The van der Waals surface area contributed by atoms with Gasteiger partial charge in [0, 0.05) is 32.7 Å². The number of methoxy groups -OCH3 is 1. The quantitative estimate of drug-likeness (QED) is 0.755. The van der Waals surface area contributed by atoms with Crippen molar-refractivity contribution in [3.05, 3.63) is 0 Å². The molecule has 0 spiro atoms. The van der Waals surface area contributed by atoms with Gasteiger partial charge < -0.3 is 14.5 Å². The number of nitrogens with zero attached hydrogens (tertiary/aromatic N) is 2.